The Labute approximate surface area is 357 Å². The maximum atomic E-state index is 6.70. The molecule has 0 fully saturated rings. The number of para-hydroxylation sites is 1. The quantitative estimate of drug-likeness (QED) is 0.161. The van der Waals surface area contributed by atoms with Crippen molar-refractivity contribution in [2.75, 3.05) is 0 Å². The summed E-state index contributed by atoms with van der Waals surface area (Å²) in [5.74, 6) is 1.77. The Morgan fingerprint density at radius 1 is 0.242 bits per heavy atom. The Kier molecular flexibility index (Phi) is 8.42. The van der Waals surface area contributed by atoms with Crippen molar-refractivity contribution < 1.29 is 8.83 Å². The van der Waals surface area contributed by atoms with E-state index in [1.54, 1.807) is 0 Å². The molecular weight excluding hydrogens is 759 g/mol. The molecule has 0 unspecified atom stereocenters. The SMILES string of the molecule is c1ccc(-c2ccc(-c3nc(-c4cccc(-c5ccccc5)c4)nc(-c4ccc5c(c4)oc4cc(-c6ccccc6-c6cccc7oc8ccccc8c67)ccc45)n3)cc2)cc1. The van der Waals surface area contributed by atoms with Gasteiger partial charge < -0.3 is 8.83 Å². The molecule has 12 rings (SSSR count). The molecule has 12 aromatic rings. The van der Waals surface area contributed by atoms with Crippen molar-refractivity contribution in [1.82, 2.24) is 15.0 Å². The summed E-state index contributed by atoms with van der Waals surface area (Å²) in [7, 11) is 0. The minimum Gasteiger partial charge on any atom is -0.456 e. The third kappa shape index (κ3) is 6.23. The molecule has 62 heavy (non-hydrogen) atoms. The molecule has 9 aromatic carbocycles. The van der Waals surface area contributed by atoms with Crippen molar-refractivity contribution >= 4 is 43.9 Å². The second kappa shape index (κ2) is 14.7. The summed E-state index contributed by atoms with van der Waals surface area (Å²) in [5, 5.41) is 4.30. The minimum absolute atomic E-state index is 0.570. The molecule has 0 N–H and O–H groups in total. The monoisotopic (exact) mass is 793 g/mol. The Morgan fingerprint density at radius 2 is 0.694 bits per heavy atom. The molecule has 0 saturated heterocycles. The summed E-state index contributed by atoms with van der Waals surface area (Å²) in [6.45, 7) is 0. The highest BCUT2D eigenvalue weighted by molar-refractivity contribution is 6.14. The van der Waals surface area contributed by atoms with Gasteiger partial charge in [0.25, 0.3) is 0 Å². The van der Waals surface area contributed by atoms with Gasteiger partial charge in [-0.3, -0.25) is 0 Å². The Morgan fingerprint density at radius 3 is 1.44 bits per heavy atom. The van der Waals surface area contributed by atoms with Crippen LogP contribution in [0, 0.1) is 0 Å². The maximum Gasteiger partial charge on any atom is 0.164 e. The molecule has 0 radical (unpaired) electrons. The van der Waals surface area contributed by atoms with E-state index >= 15 is 0 Å². The molecule has 3 aromatic heterocycles. The van der Waals surface area contributed by atoms with E-state index < -0.39 is 0 Å². The van der Waals surface area contributed by atoms with Gasteiger partial charge in [-0.25, -0.2) is 15.0 Å². The van der Waals surface area contributed by atoms with Gasteiger partial charge in [0.2, 0.25) is 0 Å². The number of hydrogen-bond donors (Lipinski definition) is 0. The van der Waals surface area contributed by atoms with E-state index in [0.717, 1.165) is 105 Å². The number of fused-ring (bicyclic) bond motifs is 6. The molecule has 0 amide bonds. The van der Waals surface area contributed by atoms with E-state index in [-0.39, 0.29) is 0 Å². The summed E-state index contributed by atoms with van der Waals surface area (Å²) in [4.78, 5) is 15.3. The van der Waals surface area contributed by atoms with E-state index in [2.05, 4.69) is 182 Å². The average Bonchev–Trinajstić information content (AvgIpc) is 3.92. The van der Waals surface area contributed by atoms with Crippen LogP contribution in [0.1, 0.15) is 0 Å². The van der Waals surface area contributed by atoms with Crippen LogP contribution in [-0.2, 0) is 0 Å². The van der Waals surface area contributed by atoms with Crippen LogP contribution in [0.15, 0.2) is 221 Å². The fourth-order valence-electron chi connectivity index (χ4n) is 8.73. The first-order valence-electron chi connectivity index (χ1n) is 20.7. The van der Waals surface area contributed by atoms with Crippen LogP contribution < -0.4 is 0 Å². The average molecular weight is 794 g/mol. The first-order valence-corrected chi connectivity index (χ1v) is 20.7. The molecule has 0 atom stereocenters. The van der Waals surface area contributed by atoms with E-state index in [0.29, 0.717) is 17.5 Å². The zero-order valence-corrected chi connectivity index (χ0v) is 33.4. The van der Waals surface area contributed by atoms with Gasteiger partial charge in [-0.1, -0.05) is 170 Å². The standard InChI is InChI=1S/C57H35N3O2/c1-3-13-36(14-4-1)38-25-27-39(28-26-38)55-58-56(42-18-11-17-40(33-42)37-15-5-2-6-16-37)60-57(59-55)43-30-32-47-46-31-29-41(34-52(46)62-53(47)35-43)44-19-7-8-20-45(44)48-22-12-24-51-54(48)49-21-9-10-23-50(49)61-51/h1-35H. The van der Waals surface area contributed by atoms with Crippen LogP contribution in [-0.4, -0.2) is 15.0 Å². The molecule has 0 spiro atoms. The number of benzene rings is 9. The zero-order valence-electron chi connectivity index (χ0n) is 33.4. The third-order valence-electron chi connectivity index (χ3n) is 11.8. The first kappa shape index (κ1) is 35.5. The number of furan rings is 2. The second-order valence-electron chi connectivity index (χ2n) is 15.5. The zero-order chi connectivity index (χ0) is 41.0. The molecule has 0 aliphatic heterocycles. The number of rotatable bonds is 7. The Balaban J connectivity index is 0.956. The fourth-order valence-corrected chi connectivity index (χ4v) is 8.73. The summed E-state index contributed by atoms with van der Waals surface area (Å²) in [5.41, 5.74) is 15.0. The van der Waals surface area contributed by atoms with Gasteiger partial charge in [-0.05, 0) is 87.0 Å². The minimum atomic E-state index is 0.570. The molecule has 3 heterocycles. The predicted molar refractivity (Wildman–Crippen MR) is 252 cm³/mol. The van der Waals surface area contributed by atoms with Crippen molar-refractivity contribution in [2.45, 2.75) is 0 Å². The van der Waals surface area contributed by atoms with Crippen LogP contribution in [0.4, 0.5) is 0 Å². The summed E-state index contributed by atoms with van der Waals surface area (Å²) in [6.07, 6.45) is 0. The van der Waals surface area contributed by atoms with Crippen molar-refractivity contribution in [3.05, 3.63) is 212 Å². The summed E-state index contributed by atoms with van der Waals surface area (Å²) in [6, 6.07) is 73.4. The molecule has 5 nitrogen and oxygen atoms in total. The van der Waals surface area contributed by atoms with E-state index in [1.807, 2.05) is 30.3 Å². The van der Waals surface area contributed by atoms with E-state index in [1.165, 1.54) is 0 Å². The van der Waals surface area contributed by atoms with Gasteiger partial charge in [0.05, 0.1) is 0 Å². The van der Waals surface area contributed by atoms with E-state index in [9.17, 15) is 0 Å². The van der Waals surface area contributed by atoms with Crippen LogP contribution in [0.2, 0.25) is 0 Å². The summed E-state index contributed by atoms with van der Waals surface area (Å²) < 4.78 is 13.0. The molecule has 5 heteroatoms. The number of nitrogens with zero attached hydrogens (tertiary/aromatic N) is 3. The highest BCUT2D eigenvalue weighted by Crippen LogP contribution is 2.42. The molecular formula is C57H35N3O2. The van der Waals surface area contributed by atoms with E-state index in [4.69, 9.17) is 23.8 Å². The molecule has 0 saturated carbocycles. The second-order valence-corrected chi connectivity index (χ2v) is 15.5. The van der Waals surface area contributed by atoms with Crippen LogP contribution in [0.3, 0.4) is 0 Å². The largest absolute Gasteiger partial charge is 0.456 e. The van der Waals surface area contributed by atoms with Crippen molar-refractivity contribution in [3.8, 4) is 78.7 Å². The van der Waals surface area contributed by atoms with Gasteiger partial charge in [0.15, 0.2) is 17.5 Å². The summed E-state index contributed by atoms with van der Waals surface area (Å²) >= 11 is 0. The number of aromatic nitrogens is 3. The van der Waals surface area contributed by atoms with Crippen LogP contribution in [0.25, 0.3) is 123 Å². The first-order chi connectivity index (χ1) is 30.7. The highest BCUT2D eigenvalue weighted by Gasteiger charge is 2.18. The van der Waals surface area contributed by atoms with Crippen LogP contribution >= 0.6 is 0 Å². The fraction of sp³-hybridized carbons (Fsp3) is 0. The maximum absolute atomic E-state index is 6.70. The third-order valence-corrected chi connectivity index (χ3v) is 11.8. The lowest BCUT2D eigenvalue weighted by Crippen LogP contribution is -2.00. The predicted octanol–water partition coefficient (Wildman–Crippen LogP) is 15.3. The van der Waals surface area contributed by atoms with Crippen molar-refractivity contribution in [3.63, 3.8) is 0 Å². The lowest BCUT2D eigenvalue weighted by Gasteiger charge is -2.11. The smallest absolute Gasteiger partial charge is 0.164 e. The van der Waals surface area contributed by atoms with Crippen molar-refractivity contribution in [1.29, 1.82) is 0 Å². The topological polar surface area (TPSA) is 65.0 Å². The lowest BCUT2D eigenvalue weighted by atomic mass is 9.91. The number of hydrogen-bond acceptors (Lipinski definition) is 5. The van der Waals surface area contributed by atoms with Gasteiger partial charge >= 0.3 is 0 Å². The Hall–Kier alpha value is -8.41. The molecule has 0 aliphatic rings. The highest BCUT2D eigenvalue weighted by atomic mass is 16.3. The molecule has 290 valence electrons. The van der Waals surface area contributed by atoms with Gasteiger partial charge in [0, 0.05) is 38.2 Å². The van der Waals surface area contributed by atoms with Gasteiger partial charge in [-0.2, -0.15) is 0 Å². The Bertz CT molecular complexity index is 3630. The van der Waals surface area contributed by atoms with Crippen molar-refractivity contribution in [2.24, 2.45) is 0 Å². The van der Waals surface area contributed by atoms with Gasteiger partial charge in [0.1, 0.15) is 22.3 Å². The lowest BCUT2D eigenvalue weighted by molar-refractivity contribution is 0.668. The molecule has 0 aliphatic carbocycles. The normalized spacial score (nSPS) is 11.5. The van der Waals surface area contributed by atoms with Gasteiger partial charge in [-0.15, -0.1) is 0 Å². The van der Waals surface area contributed by atoms with Crippen LogP contribution in [0.5, 0.6) is 0 Å². The molecule has 0 bridgehead atoms.